The van der Waals surface area contributed by atoms with Crippen molar-refractivity contribution in [1.29, 1.82) is 0 Å². The van der Waals surface area contributed by atoms with Crippen LogP contribution >= 0.6 is 0 Å². The first-order valence-electron chi connectivity index (χ1n) is 10.9. The molecule has 2 aromatic carbocycles. The van der Waals surface area contributed by atoms with Gasteiger partial charge in [0.2, 0.25) is 0 Å². The van der Waals surface area contributed by atoms with Gasteiger partial charge in [-0.2, -0.15) is 5.48 Å². The number of nitrogens with zero attached hydrogens (tertiary/aromatic N) is 1. The van der Waals surface area contributed by atoms with Crippen LogP contribution in [0.4, 0.5) is 0 Å². The van der Waals surface area contributed by atoms with Gasteiger partial charge >= 0.3 is 0 Å². The van der Waals surface area contributed by atoms with Crippen molar-refractivity contribution >= 4 is 0 Å². The fraction of sp³-hybridized carbons (Fsp3) is 0.500. The molecule has 3 fully saturated rings. The highest BCUT2D eigenvalue weighted by atomic mass is 16.7. The van der Waals surface area contributed by atoms with Crippen LogP contribution in [0.3, 0.4) is 0 Å². The van der Waals surface area contributed by atoms with Crippen molar-refractivity contribution < 1.29 is 24.2 Å². The van der Waals surface area contributed by atoms with Crippen LogP contribution in [0.15, 0.2) is 42.5 Å². The van der Waals surface area contributed by atoms with Crippen LogP contribution in [0.2, 0.25) is 0 Å². The topological polar surface area (TPSA) is 72.4 Å². The molecule has 0 amide bonds. The van der Waals surface area contributed by atoms with Gasteiger partial charge in [-0.1, -0.05) is 24.3 Å². The first kappa shape index (κ1) is 20.6. The van der Waals surface area contributed by atoms with Crippen LogP contribution in [0.1, 0.15) is 30.6 Å². The molecule has 7 heteroatoms. The van der Waals surface area contributed by atoms with Gasteiger partial charge in [0.05, 0.1) is 32.5 Å². The van der Waals surface area contributed by atoms with E-state index in [2.05, 4.69) is 29.4 Å². The van der Waals surface area contributed by atoms with Crippen molar-refractivity contribution in [3.8, 4) is 17.2 Å². The minimum Gasteiger partial charge on any atom is -0.493 e. The number of aliphatic hydroxyl groups excluding tert-OH is 1. The maximum atomic E-state index is 11.2. The molecule has 4 aliphatic heterocycles. The number of nitrogens with one attached hydrogen (secondary N) is 1. The van der Waals surface area contributed by atoms with E-state index in [4.69, 9.17) is 19.0 Å². The Kier molecular flexibility index (Phi) is 5.52. The third-order valence-electron chi connectivity index (χ3n) is 7.00. The zero-order chi connectivity index (χ0) is 21.5. The predicted octanol–water partition coefficient (Wildman–Crippen LogP) is 2.68. The minimum atomic E-state index is -0.669. The van der Waals surface area contributed by atoms with E-state index in [1.54, 1.807) is 14.2 Å². The van der Waals surface area contributed by atoms with Crippen LogP contribution in [0, 0.1) is 5.92 Å². The minimum absolute atomic E-state index is 0.0325. The maximum Gasteiger partial charge on any atom is 0.161 e. The quantitative estimate of drug-likeness (QED) is 0.736. The Labute approximate surface area is 182 Å². The molecule has 0 aromatic heterocycles. The number of aliphatic hydroxyl groups is 1. The smallest absolute Gasteiger partial charge is 0.161 e. The molecule has 0 saturated carbocycles. The molecule has 166 valence electrons. The molecule has 0 aliphatic carbocycles. The van der Waals surface area contributed by atoms with Gasteiger partial charge in [0.15, 0.2) is 11.5 Å². The molecule has 3 saturated heterocycles. The molecule has 7 nitrogen and oxygen atoms in total. The van der Waals surface area contributed by atoms with E-state index in [1.807, 2.05) is 30.3 Å². The summed E-state index contributed by atoms with van der Waals surface area (Å²) in [6.07, 6.45) is 1.40. The lowest BCUT2D eigenvalue weighted by Gasteiger charge is -2.59. The molecule has 4 aliphatic rings. The lowest BCUT2D eigenvalue weighted by molar-refractivity contribution is -0.305. The average molecular weight is 427 g/mol. The van der Waals surface area contributed by atoms with E-state index in [0.29, 0.717) is 17.4 Å². The summed E-state index contributed by atoms with van der Waals surface area (Å²) in [7, 11) is 3.21. The van der Waals surface area contributed by atoms with E-state index in [-0.39, 0.29) is 24.4 Å². The van der Waals surface area contributed by atoms with Crippen LogP contribution in [0.5, 0.6) is 17.2 Å². The van der Waals surface area contributed by atoms with Crippen LogP contribution in [0.25, 0.3) is 0 Å². The molecule has 2 N–H and O–H groups in total. The SMILES string of the molecule is COc1ccc(C(O)C(C)N2CCC3OC2C3C2Cc3ccccc3ON2)cc1OC. The first-order valence-corrected chi connectivity index (χ1v) is 10.9. The third-order valence-corrected chi connectivity index (χ3v) is 7.00. The fourth-order valence-electron chi connectivity index (χ4n) is 5.21. The Hall–Kier alpha value is -2.32. The maximum absolute atomic E-state index is 11.2. The number of benzene rings is 2. The van der Waals surface area contributed by atoms with Gasteiger partial charge in [0.1, 0.15) is 12.0 Å². The summed E-state index contributed by atoms with van der Waals surface area (Å²) in [5, 5.41) is 11.2. The molecule has 0 radical (unpaired) electrons. The van der Waals surface area contributed by atoms with E-state index in [1.165, 1.54) is 5.56 Å². The monoisotopic (exact) mass is 426 g/mol. The average Bonchev–Trinajstić information content (AvgIpc) is 2.82. The van der Waals surface area contributed by atoms with Crippen LogP contribution < -0.4 is 19.8 Å². The summed E-state index contributed by atoms with van der Waals surface area (Å²) in [5.41, 5.74) is 5.28. The van der Waals surface area contributed by atoms with Gasteiger partial charge in [-0.3, -0.25) is 4.90 Å². The second-order valence-electron chi connectivity index (χ2n) is 8.61. The standard InChI is InChI=1S/C24H30N2O5/c1-14(23(27)16-8-9-19(28-2)21(13-16)29-3)26-11-10-20-22(24(26)30-20)17-12-15-6-4-5-7-18(15)31-25-17/h4-9,13-14,17,20,22-25,27H,10-12H2,1-3H3. The van der Waals surface area contributed by atoms with Crippen LogP contribution in [-0.2, 0) is 11.2 Å². The number of ether oxygens (including phenoxy) is 3. The number of piperidine rings is 1. The molecule has 6 atom stereocenters. The zero-order valence-electron chi connectivity index (χ0n) is 18.2. The molecular weight excluding hydrogens is 396 g/mol. The van der Waals surface area contributed by atoms with Gasteiger partial charge in [-0.25, -0.2) is 0 Å². The second kappa shape index (κ2) is 8.31. The van der Waals surface area contributed by atoms with Crippen molar-refractivity contribution in [1.82, 2.24) is 10.4 Å². The Morgan fingerprint density at radius 3 is 2.71 bits per heavy atom. The third kappa shape index (κ3) is 3.55. The van der Waals surface area contributed by atoms with Crippen molar-refractivity contribution in [3.05, 3.63) is 53.6 Å². The normalized spacial score (nSPS) is 29.2. The van der Waals surface area contributed by atoms with Gasteiger partial charge in [-0.05, 0) is 49.1 Å². The summed E-state index contributed by atoms with van der Waals surface area (Å²) < 4.78 is 16.9. The van der Waals surface area contributed by atoms with E-state index >= 15 is 0 Å². The summed E-state index contributed by atoms with van der Waals surface area (Å²) >= 11 is 0. The molecule has 2 aromatic rings. The van der Waals surface area contributed by atoms with Gasteiger partial charge in [-0.15, -0.1) is 0 Å². The van der Waals surface area contributed by atoms with Gasteiger partial charge < -0.3 is 24.2 Å². The highest BCUT2D eigenvalue weighted by Crippen LogP contribution is 2.44. The van der Waals surface area contributed by atoms with E-state index in [9.17, 15) is 5.11 Å². The lowest BCUT2D eigenvalue weighted by atomic mass is 9.78. The van der Waals surface area contributed by atoms with Crippen molar-refractivity contribution in [2.45, 2.75) is 50.3 Å². The molecular formula is C24H30N2O5. The second-order valence-corrected chi connectivity index (χ2v) is 8.61. The van der Waals surface area contributed by atoms with Crippen LogP contribution in [-0.4, -0.2) is 55.2 Å². The zero-order valence-corrected chi connectivity index (χ0v) is 18.2. The molecule has 31 heavy (non-hydrogen) atoms. The molecule has 0 spiro atoms. The highest BCUT2D eigenvalue weighted by Gasteiger charge is 2.55. The Balaban J connectivity index is 1.31. The molecule has 6 rings (SSSR count). The number of rotatable bonds is 6. The Bertz CT molecular complexity index is 936. The van der Waals surface area contributed by atoms with Gasteiger partial charge in [0.25, 0.3) is 0 Å². The molecule has 4 heterocycles. The highest BCUT2D eigenvalue weighted by molar-refractivity contribution is 5.43. The Morgan fingerprint density at radius 2 is 1.94 bits per heavy atom. The van der Waals surface area contributed by atoms with E-state index in [0.717, 1.165) is 30.7 Å². The number of fused-ring (bicyclic) bond motifs is 3. The molecule has 2 bridgehead atoms. The number of hydroxylamine groups is 1. The number of para-hydroxylation sites is 1. The first-order chi connectivity index (χ1) is 15.1. The summed E-state index contributed by atoms with van der Waals surface area (Å²) in [6.45, 7) is 2.96. The number of hydrogen-bond donors (Lipinski definition) is 2. The summed E-state index contributed by atoms with van der Waals surface area (Å²) in [5.74, 6) is 2.49. The fourth-order valence-corrected chi connectivity index (χ4v) is 5.21. The van der Waals surface area contributed by atoms with Crippen molar-refractivity contribution in [3.63, 3.8) is 0 Å². The lowest BCUT2D eigenvalue weighted by Crippen LogP contribution is -2.71. The van der Waals surface area contributed by atoms with Crippen molar-refractivity contribution in [2.75, 3.05) is 20.8 Å². The largest absolute Gasteiger partial charge is 0.493 e. The van der Waals surface area contributed by atoms with Gasteiger partial charge in [0, 0.05) is 18.5 Å². The predicted molar refractivity (Wildman–Crippen MR) is 115 cm³/mol. The summed E-state index contributed by atoms with van der Waals surface area (Å²) in [4.78, 5) is 8.10. The van der Waals surface area contributed by atoms with E-state index < -0.39 is 6.10 Å². The Morgan fingerprint density at radius 1 is 1.13 bits per heavy atom. The summed E-state index contributed by atoms with van der Waals surface area (Å²) in [6, 6.07) is 13.8. The van der Waals surface area contributed by atoms with Crippen molar-refractivity contribution in [2.24, 2.45) is 5.92 Å². The number of hydrogen-bond acceptors (Lipinski definition) is 7. The molecule has 6 unspecified atom stereocenters. The number of methoxy groups -OCH3 is 2.